The van der Waals surface area contributed by atoms with Crippen molar-refractivity contribution >= 4 is 16.8 Å². The number of hydrogen-bond acceptors (Lipinski definition) is 9. The molecule has 1 unspecified atom stereocenters. The summed E-state index contributed by atoms with van der Waals surface area (Å²) in [7, 11) is 6.37. The fourth-order valence-corrected chi connectivity index (χ4v) is 11.0. The van der Waals surface area contributed by atoms with Crippen molar-refractivity contribution in [2.75, 3.05) is 35.5 Å². The van der Waals surface area contributed by atoms with E-state index in [-0.39, 0.29) is 13.2 Å². The smallest absolute Gasteiger partial charge is 0.331 e. The van der Waals surface area contributed by atoms with Crippen molar-refractivity contribution in [3.8, 4) is 34.5 Å². The molecule has 9 nitrogen and oxygen atoms in total. The van der Waals surface area contributed by atoms with Crippen molar-refractivity contribution in [1.82, 2.24) is 0 Å². The van der Waals surface area contributed by atoms with Gasteiger partial charge in [0.05, 0.1) is 51.2 Å². The average Bonchev–Trinajstić information content (AvgIpc) is 3.35. The first kappa shape index (κ1) is 45.8. The number of methoxy groups -OCH3 is 5. The second-order valence-corrected chi connectivity index (χ2v) is 18.2. The Morgan fingerprint density at radius 3 is 0.926 bits per heavy atom. The van der Waals surface area contributed by atoms with E-state index in [2.05, 4.69) is 109 Å². The average molecular weight is 927 g/mol. The Kier molecular flexibility index (Phi) is 14.0. The molecule has 7 aromatic rings. The van der Waals surface area contributed by atoms with Crippen LogP contribution in [-0.4, -0.2) is 45.7 Å². The monoisotopic (exact) mass is 926 g/mol. The number of ether oxygens (including phenoxy) is 7. The maximum Gasteiger partial charge on any atom is 0.331 e. The number of para-hydroxylation sites is 6. The van der Waals surface area contributed by atoms with Crippen molar-refractivity contribution < 1.29 is 42.2 Å². The Morgan fingerprint density at radius 2 is 0.662 bits per heavy atom. The highest BCUT2D eigenvalue weighted by Gasteiger charge is 2.24. The maximum atomic E-state index is 14.6. The first-order valence-corrected chi connectivity index (χ1v) is 23.9. The van der Waals surface area contributed by atoms with Gasteiger partial charge in [-0.05, 0) is 66.8 Å². The molecule has 0 N–H and O–H groups in total. The fourth-order valence-electron chi connectivity index (χ4n) is 9.83. The van der Waals surface area contributed by atoms with E-state index in [1.54, 1.807) is 28.4 Å². The van der Waals surface area contributed by atoms with Crippen molar-refractivity contribution in [1.29, 1.82) is 0 Å². The minimum Gasteiger partial charge on any atom is -0.496 e. The minimum atomic E-state index is -1.81. The van der Waals surface area contributed by atoms with E-state index in [9.17, 15) is 9.00 Å². The molecule has 0 radical (unpaired) electrons. The van der Waals surface area contributed by atoms with Crippen LogP contribution in [0.25, 0.3) is 0 Å². The maximum absolute atomic E-state index is 14.6. The Labute approximate surface area is 400 Å². The van der Waals surface area contributed by atoms with Crippen LogP contribution in [0.4, 0.5) is 0 Å². The van der Waals surface area contributed by atoms with Crippen LogP contribution in [0.2, 0.25) is 0 Å². The molecule has 2 aliphatic rings. The molecule has 9 rings (SSSR count). The number of esters is 1. The van der Waals surface area contributed by atoms with Crippen LogP contribution in [0.3, 0.4) is 0 Å². The van der Waals surface area contributed by atoms with Gasteiger partial charge in [0.25, 0.3) is 0 Å². The van der Waals surface area contributed by atoms with Gasteiger partial charge in [-0.3, -0.25) is 0 Å². The van der Waals surface area contributed by atoms with Crippen LogP contribution in [0, 0.1) is 0 Å². The highest BCUT2D eigenvalue weighted by atomic mass is 32.2. The highest BCUT2D eigenvalue weighted by Crippen LogP contribution is 2.41. The summed E-state index contributed by atoms with van der Waals surface area (Å²) in [6.07, 6.45) is 4.34. The highest BCUT2D eigenvalue weighted by molar-refractivity contribution is 7.88. The van der Waals surface area contributed by atoms with Gasteiger partial charge in [-0.2, -0.15) is 0 Å². The molecule has 346 valence electrons. The molecule has 0 fully saturated rings. The molecule has 2 aliphatic heterocycles. The third-order valence-electron chi connectivity index (χ3n) is 12.8. The molecular weight excluding hydrogens is 873 g/mol. The van der Waals surface area contributed by atoms with E-state index in [4.69, 9.17) is 33.2 Å². The Balaban J connectivity index is 1.34. The van der Waals surface area contributed by atoms with E-state index < -0.39 is 16.8 Å². The predicted octanol–water partition coefficient (Wildman–Crippen LogP) is 10.8. The molecule has 0 amide bonds. The molecule has 0 spiro atoms. The minimum absolute atomic E-state index is 0.0735. The zero-order valence-corrected chi connectivity index (χ0v) is 39.8. The van der Waals surface area contributed by atoms with Crippen LogP contribution in [-0.2, 0) is 72.1 Å². The SMILES string of the molecule is COC(=O)C=CS(=O)c1c2cccc1COc1c3cccc1Cc1cccc(c1OC)Cc1cccc(c1OC)Cc1cccc(c1OC2)Cc1cccc(c1OC)Cc1cccc(c1OC)C3. The molecular formula is C58H54O9S. The standard InChI is InChI=1S/C58H54O9S/c1-61-51(59)27-28-68(60)58-49-25-12-26-50(58)36-67-57-47-23-11-24-48(57)34-44-20-9-16-40(55(44)65-5)30-39-15-8-19-43(54(39)64-4)33-46-22-10-21-45(56(46)66-35-49)31-41-17-6-13-37(52(41)62-2)29-38-14-7-18-42(32-47)53(38)63-3/h6-28H,29-36H2,1-5H3. The lowest BCUT2D eigenvalue weighted by Gasteiger charge is -2.23. The van der Waals surface area contributed by atoms with Gasteiger partial charge >= 0.3 is 5.97 Å². The molecule has 0 aromatic heterocycles. The van der Waals surface area contributed by atoms with Crippen LogP contribution in [0.1, 0.15) is 77.9 Å². The third-order valence-corrected chi connectivity index (χ3v) is 14.1. The summed E-state index contributed by atoms with van der Waals surface area (Å²) in [5.74, 6) is 3.95. The Bertz CT molecular complexity index is 2730. The van der Waals surface area contributed by atoms with Gasteiger partial charge in [0.1, 0.15) is 47.7 Å². The van der Waals surface area contributed by atoms with Crippen LogP contribution >= 0.6 is 0 Å². The number of carbonyl (C=O) groups excluding carboxylic acids is 1. The van der Waals surface area contributed by atoms with Crippen molar-refractivity contribution in [2.45, 2.75) is 56.6 Å². The molecule has 0 saturated heterocycles. The Morgan fingerprint density at radius 1 is 0.412 bits per heavy atom. The first-order valence-electron chi connectivity index (χ1n) is 22.6. The van der Waals surface area contributed by atoms with E-state index in [1.807, 2.05) is 18.2 Å². The predicted molar refractivity (Wildman–Crippen MR) is 264 cm³/mol. The van der Waals surface area contributed by atoms with Gasteiger partial charge in [0, 0.05) is 61.1 Å². The molecule has 68 heavy (non-hydrogen) atoms. The lowest BCUT2D eigenvalue weighted by molar-refractivity contribution is -0.134. The first-order chi connectivity index (χ1) is 33.3. The van der Waals surface area contributed by atoms with Crippen LogP contribution in [0.5, 0.6) is 34.5 Å². The summed E-state index contributed by atoms with van der Waals surface area (Å²) in [6.45, 7) is 0.147. The lowest BCUT2D eigenvalue weighted by atomic mass is 9.91. The lowest BCUT2D eigenvalue weighted by Crippen LogP contribution is -2.11. The molecule has 12 bridgehead atoms. The summed E-state index contributed by atoms with van der Waals surface area (Å²) >= 11 is 0. The summed E-state index contributed by atoms with van der Waals surface area (Å²) in [5, 5.41) is 1.36. The zero-order chi connectivity index (χ0) is 47.1. The Hall–Kier alpha value is -7.30. The number of hydrogen-bond donors (Lipinski definition) is 0. The van der Waals surface area contributed by atoms with Crippen LogP contribution in [0.15, 0.2) is 144 Å². The molecule has 7 aromatic carbocycles. The van der Waals surface area contributed by atoms with E-state index in [0.717, 1.165) is 89.8 Å². The molecule has 2 heterocycles. The van der Waals surface area contributed by atoms with E-state index in [0.29, 0.717) is 66.0 Å². The van der Waals surface area contributed by atoms with E-state index in [1.165, 1.54) is 18.6 Å². The summed E-state index contributed by atoms with van der Waals surface area (Å²) in [4.78, 5) is 12.9. The van der Waals surface area contributed by atoms with Gasteiger partial charge in [-0.1, -0.05) is 127 Å². The zero-order valence-electron chi connectivity index (χ0n) is 39.0. The largest absolute Gasteiger partial charge is 0.496 e. The summed E-state index contributed by atoms with van der Waals surface area (Å²) in [5.41, 5.74) is 13.2. The third kappa shape index (κ3) is 9.46. The quantitative estimate of drug-likeness (QED) is 0.114. The second kappa shape index (κ2) is 20.7. The van der Waals surface area contributed by atoms with E-state index >= 15 is 0 Å². The summed E-state index contributed by atoms with van der Waals surface area (Å²) in [6, 6.07) is 43.4. The fraction of sp³-hybridized carbons (Fsp3) is 0.224. The van der Waals surface area contributed by atoms with Gasteiger partial charge in [-0.25, -0.2) is 9.00 Å². The van der Waals surface area contributed by atoms with Gasteiger partial charge in [0.15, 0.2) is 0 Å². The summed E-state index contributed by atoms with van der Waals surface area (Å²) < 4.78 is 58.7. The van der Waals surface area contributed by atoms with Gasteiger partial charge in [0.2, 0.25) is 0 Å². The van der Waals surface area contributed by atoms with Crippen molar-refractivity contribution in [2.24, 2.45) is 0 Å². The number of carbonyl (C=O) groups is 1. The molecule has 1 atom stereocenters. The van der Waals surface area contributed by atoms with Crippen molar-refractivity contribution in [3.63, 3.8) is 0 Å². The van der Waals surface area contributed by atoms with Gasteiger partial charge in [-0.15, -0.1) is 0 Å². The molecule has 10 heteroatoms. The molecule has 0 aliphatic carbocycles. The molecule has 0 saturated carbocycles. The normalized spacial score (nSPS) is 13.7. The number of benzene rings is 7. The number of rotatable bonds is 7. The second-order valence-electron chi connectivity index (χ2n) is 16.9. The topological polar surface area (TPSA) is 98.8 Å². The van der Waals surface area contributed by atoms with Crippen molar-refractivity contribution in [3.05, 3.63) is 217 Å². The van der Waals surface area contributed by atoms with Crippen LogP contribution < -0.4 is 28.4 Å². The van der Waals surface area contributed by atoms with Gasteiger partial charge < -0.3 is 33.2 Å². The number of fused-ring (bicyclic) bond motifs is 10.